The van der Waals surface area contributed by atoms with Gasteiger partial charge in [-0.25, -0.2) is 4.79 Å². The highest BCUT2D eigenvalue weighted by Crippen LogP contribution is 2.13. The zero-order valence-corrected chi connectivity index (χ0v) is 11.5. The Bertz CT molecular complexity index is 368. The summed E-state index contributed by atoms with van der Waals surface area (Å²) < 4.78 is 20.5. The molecule has 0 heterocycles. The Morgan fingerprint density at radius 1 is 1.11 bits per heavy atom. The van der Waals surface area contributed by atoms with E-state index in [9.17, 15) is 4.79 Å². The van der Waals surface area contributed by atoms with Crippen LogP contribution in [0.2, 0.25) is 0 Å². The number of methoxy groups -OCH3 is 2. The number of carbonyl (C=O) groups excluding carboxylic acids is 1. The quantitative estimate of drug-likeness (QED) is 0.674. The molecule has 0 aliphatic heterocycles. The average Bonchev–Trinajstić information content (AvgIpc) is 2.40. The largest absolute Gasteiger partial charge is 0.494 e. The second kappa shape index (κ2) is 8.50. The molecule has 0 aliphatic rings. The molecule has 1 aromatic carbocycles. The van der Waals surface area contributed by atoms with Crippen molar-refractivity contribution in [2.24, 2.45) is 0 Å². The van der Waals surface area contributed by atoms with E-state index >= 15 is 0 Å². The normalized spacial score (nSPS) is 10.5. The number of benzene rings is 1. The van der Waals surface area contributed by atoms with Crippen molar-refractivity contribution in [1.29, 1.82) is 0 Å². The Balaban J connectivity index is 2.60. The second-order valence-corrected chi connectivity index (χ2v) is 3.90. The van der Waals surface area contributed by atoms with Crippen LogP contribution in [0.25, 0.3) is 0 Å². The molecule has 19 heavy (non-hydrogen) atoms. The smallest absolute Gasteiger partial charge is 0.338 e. The molecule has 1 rings (SSSR count). The molecule has 0 bridgehead atoms. The van der Waals surface area contributed by atoms with Crippen LogP contribution in [0.4, 0.5) is 0 Å². The molecule has 0 fully saturated rings. The fourth-order valence-electron chi connectivity index (χ4n) is 1.56. The van der Waals surface area contributed by atoms with Gasteiger partial charge in [-0.15, -0.1) is 0 Å². The molecule has 0 saturated heterocycles. The van der Waals surface area contributed by atoms with Crippen LogP contribution in [0.3, 0.4) is 0 Å². The first-order valence-electron chi connectivity index (χ1n) is 6.13. The Hall–Kier alpha value is -1.59. The number of carbonyl (C=O) groups is 1. The predicted octanol–water partition coefficient (Wildman–Crippen LogP) is 1.90. The van der Waals surface area contributed by atoms with Gasteiger partial charge in [0, 0.05) is 14.2 Å². The van der Waals surface area contributed by atoms with Gasteiger partial charge in [0.2, 0.25) is 0 Å². The monoisotopic (exact) mass is 268 g/mol. The third-order valence-electron chi connectivity index (χ3n) is 2.38. The van der Waals surface area contributed by atoms with Crippen LogP contribution < -0.4 is 4.74 Å². The second-order valence-electron chi connectivity index (χ2n) is 3.90. The maximum absolute atomic E-state index is 11.9. The fraction of sp³-hybridized carbons (Fsp3) is 0.500. The third kappa shape index (κ3) is 5.28. The minimum absolute atomic E-state index is 0.302. The van der Waals surface area contributed by atoms with Crippen LogP contribution in [0, 0.1) is 0 Å². The lowest BCUT2D eigenvalue weighted by atomic mass is 10.2. The summed E-state index contributed by atoms with van der Waals surface area (Å²) in [5.74, 6) is 0.325. The molecule has 5 nitrogen and oxygen atoms in total. The maximum atomic E-state index is 11.9. The molecule has 0 N–H and O–H groups in total. The summed E-state index contributed by atoms with van der Waals surface area (Å²) in [5.41, 5.74) is 0.473. The highest BCUT2D eigenvalue weighted by molar-refractivity contribution is 5.89. The highest BCUT2D eigenvalue weighted by atomic mass is 16.6. The van der Waals surface area contributed by atoms with Crippen molar-refractivity contribution in [2.45, 2.75) is 13.0 Å². The number of hydrogen-bond donors (Lipinski definition) is 0. The number of ether oxygens (including phenoxy) is 4. The van der Waals surface area contributed by atoms with E-state index in [4.69, 9.17) is 18.9 Å². The van der Waals surface area contributed by atoms with Crippen molar-refractivity contribution >= 4 is 5.97 Å². The van der Waals surface area contributed by atoms with E-state index in [0.717, 1.165) is 5.75 Å². The van der Waals surface area contributed by atoms with Crippen LogP contribution in [-0.4, -0.2) is 46.1 Å². The average molecular weight is 268 g/mol. The number of rotatable bonds is 8. The summed E-state index contributed by atoms with van der Waals surface area (Å²) in [6.45, 7) is 3.10. The van der Waals surface area contributed by atoms with E-state index in [0.29, 0.717) is 25.4 Å². The molecule has 0 aliphatic carbocycles. The lowest BCUT2D eigenvalue weighted by Crippen LogP contribution is -2.27. The van der Waals surface area contributed by atoms with Gasteiger partial charge >= 0.3 is 5.97 Å². The van der Waals surface area contributed by atoms with E-state index in [1.54, 1.807) is 38.5 Å². The molecule has 0 saturated carbocycles. The van der Waals surface area contributed by atoms with E-state index in [2.05, 4.69) is 0 Å². The molecule has 0 amide bonds. The fourth-order valence-corrected chi connectivity index (χ4v) is 1.56. The van der Waals surface area contributed by atoms with E-state index in [-0.39, 0.29) is 0 Å². The first-order valence-corrected chi connectivity index (χ1v) is 6.13. The zero-order valence-electron chi connectivity index (χ0n) is 11.5. The van der Waals surface area contributed by atoms with Gasteiger partial charge < -0.3 is 18.9 Å². The van der Waals surface area contributed by atoms with Crippen molar-refractivity contribution in [3.05, 3.63) is 29.8 Å². The van der Waals surface area contributed by atoms with Crippen LogP contribution in [0.15, 0.2) is 24.3 Å². The molecule has 0 unspecified atom stereocenters. The number of esters is 1. The first-order chi connectivity index (χ1) is 9.21. The Morgan fingerprint density at radius 3 is 2.16 bits per heavy atom. The van der Waals surface area contributed by atoms with Gasteiger partial charge in [0.1, 0.15) is 11.9 Å². The molecular formula is C14H20O5. The summed E-state index contributed by atoms with van der Waals surface area (Å²) >= 11 is 0. The highest BCUT2D eigenvalue weighted by Gasteiger charge is 2.15. The minimum atomic E-state index is -0.408. The van der Waals surface area contributed by atoms with Crippen LogP contribution in [-0.2, 0) is 14.2 Å². The van der Waals surface area contributed by atoms with Crippen LogP contribution >= 0.6 is 0 Å². The van der Waals surface area contributed by atoms with Crippen molar-refractivity contribution in [1.82, 2.24) is 0 Å². The molecule has 5 heteroatoms. The lowest BCUT2D eigenvalue weighted by Gasteiger charge is -2.16. The van der Waals surface area contributed by atoms with Crippen molar-refractivity contribution in [3.8, 4) is 5.75 Å². The SMILES string of the molecule is CCOc1ccc(C(=O)OC(COC)COC)cc1. The van der Waals surface area contributed by atoms with E-state index in [1.165, 1.54) is 0 Å². The molecule has 0 radical (unpaired) electrons. The minimum Gasteiger partial charge on any atom is -0.494 e. The maximum Gasteiger partial charge on any atom is 0.338 e. The van der Waals surface area contributed by atoms with E-state index < -0.39 is 12.1 Å². The predicted molar refractivity (Wildman–Crippen MR) is 70.6 cm³/mol. The molecule has 0 aromatic heterocycles. The molecule has 0 atom stereocenters. The summed E-state index contributed by atoms with van der Waals surface area (Å²) in [7, 11) is 3.10. The molecule has 106 valence electrons. The van der Waals surface area contributed by atoms with Crippen molar-refractivity contribution in [3.63, 3.8) is 0 Å². The Labute approximate surface area is 113 Å². The molecule has 0 spiro atoms. The van der Waals surface area contributed by atoms with Crippen molar-refractivity contribution in [2.75, 3.05) is 34.0 Å². The van der Waals surface area contributed by atoms with Gasteiger partial charge in [-0.1, -0.05) is 0 Å². The van der Waals surface area contributed by atoms with Crippen LogP contribution in [0.5, 0.6) is 5.75 Å². The summed E-state index contributed by atoms with van der Waals surface area (Å²) in [6, 6.07) is 6.82. The first kappa shape index (κ1) is 15.5. The third-order valence-corrected chi connectivity index (χ3v) is 2.38. The number of hydrogen-bond acceptors (Lipinski definition) is 5. The standard InChI is InChI=1S/C14H20O5/c1-4-18-12-7-5-11(6-8-12)14(15)19-13(9-16-2)10-17-3/h5-8,13H,4,9-10H2,1-3H3. The summed E-state index contributed by atoms with van der Waals surface area (Å²) in [4.78, 5) is 11.9. The topological polar surface area (TPSA) is 54.0 Å². The van der Waals surface area contributed by atoms with Gasteiger partial charge in [0.25, 0.3) is 0 Å². The van der Waals surface area contributed by atoms with E-state index in [1.807, 2.05) is 6.92 Å². The van der Waals surface area contributed by atoms with Crippen molar-refractivity contribution < 1.29 is 23.7 Å². The van der Waals surface area contributed by atoms with Gasteiger partial charge in [0.05, 0.1) is 25.4 Å². The zero-order chi connectivity index (χ0) is 14.1. The Kier molecular flexibility index (Phi) is 6.92. The summed E-state index contributed by atoms with van der Waals surface area (Å²) in [6.07, 6.45) is -0.408. The van der Waals surface area contributed by atoms with Gasteiger partial charge in [-0.2, -0.15) is 0 Å². The Morgan fingerprint density at radius 2 is 1.68 bits per heavy atom. The van der Waals surface area contributed by atoms with Gasteiger partial charge in [0.15, 0.2) is 0 Å². The molecular weight excluding hydrogens is 248 g/mol. The van der Waals surface area contributed by atoms with Crippen LogP contribution in [0.1, 0.15) is 17.3 Å². The lowest BCUT2D eigenvalue weighted by molar-refractivity contribution is -0.0223. The molecule has 1 aromatic rings. The van der Waals surface area contributed by atoms with Gasteiger partial charge in [-0.05, 0) is 31.2 Å². The van der Waals surface area contributed by atoms with Gasteiger partial charge in [-0.3, -0.25) is 0 Å². The summed E-state index contributed by atoms with van der Waals surface area (Å²) in [5, 5.41) is 0.